The second kappa shape index (κ2) is 8.65. The molecule has 0 aliphatic rings. The lowest BCUT2D eigenvalue weighted by Crippen LogP contribution is -2.43. The Balaban J connectivity index is 2.01. The van der Waals surface area contributed by atoms with E-state index in [1.807, 2.05) is 51.1 Å². The number of aryl methyl sites for hydroxylation is 3. The fourth-order valence-corrected chi connectivity index (χ4v) is 2.63. The lowest BCUT2D eigenvalue weighted by molar-refractivity contribution is -0.123. The maximum absolute atomic E-state index is 11.8. The Labute approximate surface area is 149 Å². The van der Waals surface area contributed by atoms with Gasteiger partial charge in [0.1, 0.15) is 17.5 Å². The van der Waals surface area contributed by atoms with E-state index in [9.17, 15) is 4.79 Å². The largest absolute Gasteiger partial charge is 0.457 e. The van der Waals surface area contributed by atoms with Crippen molar-refractivity contribution in [1.82, 2.24) is 5.32 Å². The van der Waals surface area contributed by atoms with Crippen molar-refractivity contribution in [1.29, 1.82) is 0 Å². The van der Waals surface area contributed by atoms with Gasteiger partial charge in [-0.15, -0.1) is 0 Å². The topological polar surface area (TPSA) is 73.6 Å². The Morgan fingerprint density at radius 2 is 1.80 bits per heavy atom. The number of nitrogens with one attached hydrogen (secondary N) is 1. The van der Waals surface area contributed by atoms with Gasteiger partial charge in [-0.25, -0.2) is 0 Å². The maximum atomic E-state index is 11.8. The lowest BCUT2D eigenvalue weighted by atomic mass is 10.1. The van der Waals surface area contributed by atoms with E-state index in [-0.39, 0.29) is 12.5 Å². The van der Waals surface area contributed by atoms with Crippen LogP contribution in [0.15, 0.2) is 36.4 Å². The number of benzene rings is 2. The van der Waals surface area contributed by atoms with Gasteiger partial charge in [0.05, 0.1) is 6.61 Å². The molecule has 5 heteroatoms. The van der Waals surface area contributed by atoms with Crippen LogP contribution in [-0.2, 0) is 16.1 Å². The summed E-state index contributed by atoms with van der Waals surface area (Å²) in [5.74, 6) is 1.40. The molecule has 0 radical (unpaired) electrons. The lowest BCUT2D eigenvalue weighted by Gasteiger charge is -2.13. The fourth-order valence-electron chi connectivity index (χ4n) is 2.63. The SMILES string of the molecule is COCC(N)C(=O)NCc1ccc(Oc2cc(C)cc(C)c2)c(C)c1. The van der Waals surface area contributed by atoms with Gasteiger partial charge in [-0.2, -0.15) is 0 Å². The van der Waals surface area contributed by atoms with Crippen molar-refractivity contribution in [3.63, 3.8) is 0 Å². The smallest absolute Gasteiger partial charge is 0.239 e. The summed E-state index contributed by atoms with van der Waals surface area (Å²) in [6, 6.07) is 11.3. The van der Waals surface area contributed by atoms with E-state index in [1.165, 1.54) is 18.2 Å². The van der Waals surface area contributed by atoms with Crippen LogP contribution in [-0.4, -0.2) is 25.7 Å². The third kappa shape index (κ3) is 5.59. The van der Waals surface area contributed by atoms with Crippen LogP contribution in [0.4, 0.5) is 0 Å². The van der Waals surface area contributed by atoms with Gasteiger partial charge in [-0.1, -0.05) is 18.2 Å². The molecule has 0 aliphatic carbocycles. The Morgan fingerprint density at radius 3 is 2.40 bits per heavy atom. The highest BCUT2D eigenvalue weighted by atomic mass is 16.5. The molecule has 0 fully saturated rings. The van der Waals surface area contributed by atoms with Crippen LogP contribution in [0.3, 0.4) is 0 Å². The van der Waals surface area contributed by atoms with Gasteiger partial charge < -0.3 is 20.5 Å². The van der Waals surface area contributed by atoms with Gasteiger partial charge in [0, 0.05) is 13.7 Å². The Morgan fingerprint density at radius 1 is 1.12 bits per heavy atom. The Bertz CT molecular complexity index is 723. The molecule has 2 aromatic rings. The van der Waals surface area contributed by atoms with Crippen molar-refractivity contribution in [2.24, 2.45) is 5.73 Å². The highest BCUT2D eigenvalue weighted by Crippen LogP contribution is 2.27. The van der Waals surface area contributed by atoms with E-state index >= 15 is 0 Å². The van der Waals surface area contributed by atoms with Crippen molar-refractivity contribution >= 4 is 5.91 Å². The van der Waals surface area contributed by atoms with Crippen LogP contribution >= 0.6 is 0 Å². The number of carbonyl (C=O) groups is 1. The summed E-state index contributed by atoms with van der Waals surface area (Å²) in [7, 11) is 1.52. The first-order chi connectivity index (χ1) is 11.9. The molecular formula is C20H26N2O3. The highest BCUT2D eigenvalue weighted by Gasteiger charge is 2.12. The minimum atomic E-state index is -0.654. The molecule has 0 aromatic heterocycles. The fraction of sp³-hybridized carbons (Fsp3) is 0.350. The van der Waals surface area contributed by atoms with Crippen LogP contribution in [0.25, 0.3) is 0 Å². The molecule has 0 heterocycles. The second-order valence-electron chi connectivity index (χ2n) is 6.30. The quantitative estimate of drug-likeness (QED) is 0.811. The Kier molecular flexibility index (Phi) is 6.56. The van der Waals surface area contributed by atoms with Crippen molar-refractivity contribution in [2.75, 3.05) is 13.7 Å². The molecule has 1 amide bonds. The summed E-state index contributed by atoms with van der Waals surface area (Å²) in [4.78, 5) is 11.8. The molecule has 2 rings (SSSR count). The number of ether oxygens (including phenoxy) is 2. The number of methoxy groups -OCH3 is 1. The molecule has 5 nitrogen and oxygen atoms in total. The maximum Gasteiger partial charge on any atom is 0.239 e. The predicted octanol–water partition coefficient (Wildman–Crippen LogP) is 2.99. The van der Waals surface area contributed by atoms with Gasteiger partial charge in [0.25, 0.3) is 0 Å². The molecule has 134 valence electrons. The molecule has 0 spiro atoms. The van der Waals surface area contributed by atoms with Gasteiger partial charge in [0.2, 0.25) is 5.91 Å². The molecule has 0 saturated carbocycles. The zero-order chi connectivity index (χ0) is 18.4. The molecule has 25 heavy (non-hydrogen) atoms. The minimum Gasteiger partial charge on any atom is -0.457 e. The van der Waals surface area contributed by atoms with Crippen molar-refractivity contribution in [3.8, 4) is 11.5 Å². The molecule has 3 N–H and O–H groups in total. The highest BCUT2D eigenvalue weighted by molar-refractivity contribution is 5.81. The summed E-state index contributed by atoms with van der Waals surface area (Å²) in [5.41, 5.74) is 10.0. The average Bonchev–Trinajstić information content (AvgIpc) is 2.54. The Hall–Kier alpha value is -2.37. The third-order valence-electron chi connectivity index (χ3n) is 3.81. The second-order valence-corrected chi connectivity index (χ2v) is 6.30. The van der Waals surface area contributed by atoms with E-state index in [1.54, 1.807) is 0 Å². The molecule has 0 saturated heterocycles. The van der Waals surface area contributed by atoms with Crippen molar-refractivity contribution in [3.05, 3.63) is 58.7 Å². The minimum absolute atomic E-state index is 0.202. The molecule has 2 aromatic carbocycles. The van der Waals surface area contributed by atoms with Crippen molar-refractivity contribution in [2.45, 2.75) is 33.4 Å². The van der Waals surface area contributed by atoms with Gasteiger partial charge in [-0.3, -0.25) is 4.79 Å². The molecule has 1 atom stereocenters. The number of hydrogen-bond acceptors (Lipinski definition) is 4. The first-order valence-corrected chi connectivity index (χ1v) is 8.27. The van der Waals surface area contributed by atoms with Gasteiger partial charge >= 0.3 is 0 Å². The summed E-state index contributed by atoms with van der Waals surface area (Å²) in [6.07, 6.45) is 0. The summed E-state index contributed by atoms with van der Waals surface area (Å²) in [5, 5.41) is 2.81. The number of rotatable bonds is 7. The van der Waals surface area contributed by atoms with Gasteiger partial charge in [0.15, 0.2) is 0 Å². The standard InChI is InChI=1S/C20H26N2O3/c1-13-7-14(2)9-17(8-13)25-19-6-5-16(10-15(19)3)11-22-20(23)18(21)12-24-4/h5-10,18H,11-12,21H2,1-4H3,(H,22,23). The number of amides is 1. The number of nitrogens with two attached hydrogens (primary N) is 1. The third-order valence-corrected chi connectivity index (χ3v) is 3.81. The summed E-state index contributed by atoms with van der Waals surface area (Å²) >= 11 is 0. The summed E-state index contributed by atoms with van der Waals surface area (Å²) < 4.78 is 10.9. The normalized spacial score (nSPS) is 11.9. The van der Waals surface area contributed by atoms with Gasteiger partial charge in [-0.05, 0) is 61.2 Å². The first-order valence-electron chi connectivity index (χ1n) is 8.27. The number of hydrogen-bond donors (Lipinski definition) is 2. The number of carbonyl (C=O) groups excluding carboxylic acids is 1. The molecular weight excluding hydrogens is 316 g/mol. The predicted molar refractivity (Wildman–Crippen MR) is 98.9 cm³/mol. The van der Waals surface area contributed by atoms with Crippen LogP contribution < -0.4 is 15.8 Å². The van der Waals surface area contributed by atoms with E-state index < -0.39 is 6.04 Å². The van der Waals surface area contributed by atoms with E-state index in [2.05, 4.69) is 11.4 Å². The van der Waals surface area contributed by atoms with Crippen LogP contribution in [0, 0.1) is 20.8 Å². The van der Waals surface area contributed by atoms with E-state index in [4.69, 9.17) is 15.2 Å². The molecule has 0 bridgehead atoms. The van der Waals surface area contributed by atoms with E-state index in [0.29, 0.717) is 6.54 Å². The van der Waals surface area contributed by atoms with Crippen LogP contribution in [0.1, 0.15) is 22.3 Å². The molecule has 0 aliphatic heterocycles. The van der Waals surface area contributed by atoms with E-state index in [0.717, 1.165) is 22.6 Å². The average molecular weight is 342 g/mol. The first kappa shape index (κ1) is 19.0. The zero-order valence-electron chi connectivity index (χ0n) is 15.3. The summed E-state index contributed by atoms with van der Waals surface area (Å²) in [6.45, 7) is 6.70. The zero-order valence-corrected chi connectivity index (χ0v) is 15.3. The molecule has 1 unspecified atom stereocenters. The van der Waals surface area contributed by atoms with Crippen molar-refractivity contribution < 1.29 is 14.3 Å². The monoisotopic (exact) mass is 342 g/mol. The van der Waals surface area contributed by atoms with Crippen LogP contribution in [0.5, 0.6) is 11.5 Å². The van der Waals surface area contributed by atoms with Crippen LogP contribution in [0.2, 0.25) is 0 Å².